The third-order valence-corrected chi connectivity index (χ3v) is 8.38. The number of nitriles is 1. The van der Waals surface area contributed by atoms with Crippen LogP contribution in [0.4, 0.5) is 10.6 Å². The molecule has 14 heteroatoms. The largest absolute Gasteiger partial charge is 0.463 e. The number of rotatable bonds is 11. The van der Waals surface area contributed by atoms with Gasteiger partial charge in [-0.3, -0.25) is 14.9 Å². The molecule has 2 aromatic heterocycles. The average Bonchev–Trinajstić information content (AvgIpc) is 3.59. The minimum atomic E-state index is -2.14. The van der Waals surface area contributed by atoms with Crippen molar-refractivity contribution < 1.29 is 33.7 Å². The number of hydrogen-bond acceptors (Lipinski definition) is 11. The number of nitrogens with one attached hydrogen (secondary N) is 1. The zero-order valence-corrected chi connectivity index (χ0v) is 27.5. The predicted molar refractivity (Wildman–Crippen MR) is 171 cm³/mol. The Morgan fingerprint density at radius 1 is 1.23 bits per heavy atom. The molecule has 14 nitrogen and oxygen atoms in total. The van der Waals surface area contributed by atoms with Crippen LogP contribution >= 0.6 is 0 Å². The van der Waals surface area contributed by atoms with E-state index in [1.807, 2.05) is 26.0 Å². The van der Waals surface area contributed by atoms with Crippen molar-refractivity contribution in [1.82, 2.24) is 19.5 Å². The van der Waals surface area contributed by atoms with Crippen molar-refractivity contribution in [3.05, 3.63) is 60.0 Å². The summed E-state index contributed by atoms with van der Waals surface area (Å²) in [6.45, 7) is 8.82. The number of nitrogens with two attached hydrogens (primary N) is 1. The molecular formula is C33H43N7O7. The molecule has 47 heavy (non-hydrogen) atoms. The van der Waals surface area contributed by atoms with E-state index in [4.69, 9.17) is 19.9 Å². The summed E-state index contributed by atoms with van der Waals surface area (Å²) in [7, 11) is 1.69. The lowest BCUT2D eigenvalue weighted by atomic mass is 9.87. The number of carbonyl (C=O) groups excluding carboxylic acids is 3. The summed E-state index contributed by atoms with van der Waals surface area (Å²) < 4.78 is 18.7. The number of carbonyl (C=O) groups is 3. The maximum atomic E-state index is 13.1. The van der Waals surface area contributed by atoms with Crippen LogP contribution in [0.1, 0.15) is 58.7 Å². The van der Waals surface area contributed by atoms with Gasteiger partial charge in [-0.1, -0.05) is 64.4 Å². The van der Waals surface area contributed by atoms with Crippen LogP contribution in [-0.2, 0) is 35.8 Å². The van der Waals surface area contributed by atoms with Crippen LogP contribution in [0, 0.1) is 16.7 Å². The van der Waals surface area contributed by atoms with Gasteiger partial charge >= 0.3 is 18.0 Å². The highest BCUT2D eigenvalue weighted by Crippen LogP contribution is 2.42. The molecule has 0 spiro atoms. The maximum Gasteiger partial charge on any atom is 0.323 e. The van der Waals surface area contributed by atoms with E-state index in [1.165, 1.54) is 16.9 Å². The van der Waals surface area contributed by atoms with E-state index < -0.39 is 53.9 Å². The highest BCUT2D eigenvalue weighted by atomic mass is 16.6. The van der Waals surface area contributed by atoms with E-state index in [0.717, 1.165) is 18.4 Å². The summed E-state index contributed by atoms with van der Waals surface area (Å²) >= 11 is 0. The molecule has 1 aliphatic heterocycles. The number of ether oxygens (including phenoxy) is 3. The molecule has 0 aliphatic carbocycles. The van der Waals surface area contributed by atoms with Crippen molar-refractivity contribution in [3.8, 4) is 6.07 Å². The van der Waals surface area contributed by atoms with Crippen molar-refractivity contribution in [2.45, 2.75) is 89.9 Å². The number of aliphatic hydroxyl groups excluding tert-OH is 1. The number of benzene rings is 1. The fourth-order valence-electron chi connectivity index (χ4n) is 5.30. The Labute approximate surface area is 273 Å². The summed E-state index contributed by atoms with van der Waals surface area (Å²) in [5, 5.41) is 29.3. The second-order valence-corrected chi connectivity index (χ2v) is 12.8. The summed E-state index contributed by atoms with van der Waals surface area (Å²) in [6.07, 6.45) is -1.57. The molecule has 252 valence electrons. The summed E-state index contributed by atoms with van der Waals surface area (Å²) in [5.74, 6) is -1.24. The Kier molecular flexibility index (Phi) is 10.9. The van der Waals surface area contributed by atoms with E-state index in [-0.39, 0.29) is 30.0 Å². The van der Waals surface area contributed by atoms with Crippen molar-refractivity contribution in [2.75, 3.05) is 19.0 Å². The van der Waals surface area contributed by atoms with Gasteiger partial charge in [-0.05, 0) is 36.5 Å². The monoisotopic (exact) mass is 649 g/mol. The molecular weight excluding hydrogens is 606 g/mol. The van der Waals surface area contributed by atoms with Gasteiger partial charge in [0.2, 0.25) is 5.60 Å². The Bertz CT molecular complexity index is 1620. The van der Waals surface area contributed by atoms with Gasteiger partial charge in [-0.25, -0.2) is 14.3 Å². The number of urea groups is 1. The van der Waals surface area contributed by atoms with Crippen LogP contribution in [0.5, 0.6) is 0 Å². The third kappa shape index (κ3) is 7.54. The van der Waals surface area contributed by atoms with Crippen LogP contribution in [0.25, 0.3) is 5.52 Å². The van der Waals surface area contributed by atoms with Crippen LogP contribution in [0.3, 0.4) is 0 Å². The number of fused-ring (bicyclic) bond motifs is 1. The molecule has 4 rings (SSSR count). The van der Waals surface area contributed by atoms with Gasteiger partial charge < -0.3 is 30.0 Å². The second-order valence-electron chi connectivity index (χ2n) is 12.8. The smallest absolute Gasteiger partial charge is 0.323 e. The Balaban J connectivity index is 1.65. The first kappa shape index (κ1) is 35.3. The zero-order valence-electron chi connectivity index (χ0n) is 27.5. The van der Waals surface area contributed by atoms with Crippen molar-refractivity contribution in [3.63, 3.8) is 0 Å². The lowest BCUT2D eigenvalue weighted by Gasteiger charge is -2.29. The minimum Gasteiger partial charge on any atom is -0.463 e. The first-order chi connectivity index (χ1) is 22.2. The van der Waals surface area contributed by atoms with Gasteiger partial charge in [0.25, 0.3) is 0 Å². The fraction of sp³-hybridized carbons (Fsp3) is 0.515. The molecule has 1 aromatic carbocycles. The van der Waals surface area contributed by atoms with Crippen LogP contribution < -0.4 is 11.1 Å². The van der Waals surface area contributed by atoms with E-state index in [9.17, 15) is 24.8 Å². The van der Waals surface area contributed by atoms with Gasteiger partial charge in [0.1, 0.15) is 42.8 Å². The lowest BCUT2D eigenvalue weighted by molar-refractivity contribution is -0.163. The number of esters is 2. The minimum absolute atomic E-state index is 0.0196. The number of aromatic nitrogens is 3. The molecule has 0 bridgehead atoms. The molecule has 6 atom stereocenters. The summed E-state index contributed by atoms with van der Waals surface area (Å²) in [4.78, 5) is 44.6. The second kappa shape index (κ2) is 14.5. The predicted octanol–water partition coefficient (Wildman–Crippen LogP) is 2.93. The molecule has 0 radical (unpaired) electrons. The molecule has 3 heterocycles. The van der Waals surface area contributed by atoms with E-state index in [2.05, 4.69) is 15.4 Å². The van der Waals surface area contributed by atoms with Gasteiger partial charge in [0.05, 0.1) is 12.1 Å². The fourth-order valence-corrected chi connectivity index (χ4v) is 5.30. The molecule has 2 amide bonds. The van der Waals surface area contributed by atoms with Crippen molar-refractivity contribution >= 4 is 29.3 Å². The van der Waals surface area contributed by atoms with Crippen LogP contribution in [0.15, 0.2) is 48.8 Å². The zero-order chi connectivity index (χ0) is 34.5. The molecule has 4 N–H and O–H groups in total. The first-order valence-electron chi connectivity index (χ1n) is 15.5. The molecule has 1 fully saturated rings. The van der Waals surface area contributed by atoms with Gasteiger partial charge in [0.15, 0.2) is 11.9 Å². The number of nitrogens with zero attached hydrogens (tertiary/aromatic N) is 5. The normalized spacial score (nSPS) is 22.2. The number of amides is 2. The Morgan fingerprint density at radius 3 is 2.57 bits per heavy atom. The molecule has 1 aliphatic rings. The molecule has 1 saturated heterocycles. The van der Waals surface area contributed by atoms with E-state index >= 15 is 0 Å². The Hall–Kier alpha value is -4.58. The molecule has 0 saturated carbocycles. The highest BCUT2D eigenvalue weighted by molar-refractivity contribution is 5.92. The third-order valence-electron chi connectivity index (χ3n) is 8.38. The molecule has 3 aromatic rings. The number of hydrogen-bond donors (Lipinski definition) is 3. The van der Waals surface area contributed by atoms with Gasteiger partial charge in [-0.2, -0.15) is 10.4 Å². The SMILES string of the molecule is CCCC(C)N(C)C(=O)Nc1ncnn2c([C@]3(C#N)O[C@H](COC(=O)Cc4ccccc4)[C@@H](OC(=O)[C@@H](N)C(C)(C)C)[C@H]3O)ccc12. The lowest BCUT2D eigenvalue weighted by Crippen LogP contribution is -2.49. The standard InChI is InChI=1S/C33H43N7O7/c1-7-11-20(2)39(6)31(44)38-29-22-14-15-24(40(22)37-19-36-29)33(18-34)28(42)26(46-30(43)27(35)32(3,4)5)23(47-33)17-45-25(41)16-21-12-9-8-10-13-21/h8-10,12-15,19-20,23,26-28,42H,7,11,16-17,35H2,1-6H3,(H,36,37,38,44)/t20?,23-,26-,27-,28-,33+/m1/s1. The van der Waals surface area contributed by atoms with Crippen molar-refractivity contribution in [1.29, 1.82) is 5.26 Å². The average molecular weight is 650 g/mol. The van der Waals surface area contributed by atoms with E-state index in [1.54, 1.807) is 63.1 Å². The number of anilines is 1. The topological polar surface area (TPSA) is 194 Å². The molecule has 1 unspecified atom stereocenters. The quantitative estimate of drug-likeness (QED) is 0.259. The first-order valence-corrected chi connectivity index (χ1v) is 15.5. The maximum absolute atomic E-state index is 13.1. The van der Waals surface area contributed by atoms with Gasteiger partial charge in [0, 0.05) is 13.1 Å². The van der Waals surface area contributed by atoms with Crippen LogP contribution in [0.2, 0.25) is 0 Å². The summed E-state index contributed by atoms with van der Waals surface area (Å²) in [5.41, 5.74) is 4.45. The van der Waals surface area contributed by atoms with Crippen molar-refractivity contribution in [2.24, 2.45) is 11.1 Å². The highest BCUT2D eigenvalue weighted by Gasteiger charge is 2.60. The van der Waals surface area contributed by atoms with Gasteiger partial charge in [-0.15, -0.1) is 0 Å². The summed E-state index contributed by atoms with van der Waals surface area (Å²) in [6, 6.07) is 12.6. The Morgan fingerprint density at radius 2 is 1.94 bits per heavy atom. The van der Waals surface area contributed by atoms with Crippen LogP contribution in [-0.4, -0.2) is 86.6 Å². The van der Waals surface area contributed by atoms with E-state index in [0.29, 0.717) is 5.52 Å². The number of aliphatic hydroxyl groups is 1.